The zero-order valence-corrected chi connectivity index (χ0v) is 19.8. The van der Waals surface area contributed by atoms with Crippen LogP contribution in [0.5, 0.6) is 11.5 Å². The number of aliphatic hydroxyl groups is 1. The highest BCUT2D eigenvalue weighted by molar-refractivity contribution is 14.0. The summed E-state index contributed by atoms with van der Waals surface area (Å²) in [7, 11) is 0. The molecule has 0 aromatic heterocycles. The molecule has 1 fully saturated rings. The van der Waals surface area contributed by atoms with Crippen molar-refractivity contribution >= 4 is 29.9 Å². The number of aliphatic hydroxyl groups excluding tert-OH is 1. The summed E-state index contributed by atoms with van der Waals surface area (Å²) in [6.45, 7) is 5.72. The fourth-order valence-electron chi connectivity index (χ4n) is 3.43. The fraction of sp³-hybridized carbons (Fsp3) is 0.435. The Hall–Kier alpha value is -1.84. The van der Waals surface area contributed by atoms with E-state index in [0.717, 1.165) is 55.6 Å². The summed E-state index contributed by atoms with van der Waals surface area (Å²) >= 11 is 0. The van der Waals surface area contributed by atoms with Crippen molar-refractivity contribution in [1.82, 2.24) is 10.6 Å². The molecule has 1 heterocycles. The van der Waals surface area contributed by atoms with Gasteiger partial charge >= 0.3 is 0 Å². The Bertz CT molecular complexity index is 780. The average Bonchev–Trinajstić information content (AvgIpc) is 3.20. The van der Waals surface area contributed by atoms with Gasteiger partial charge in [-0.15, -0.1) is 24.0 Å². The predicted octanol–water partition coefficient (Wildman–Crippen LogP) is 3.94. The lowest BCUT2D eigenvalue weighted by molar-refractivity contribution is 0.127. The first-order valence-corrected chi connectivity index (χ1v) is 10.3. The largest absolute Gasteiger partial charge is 0.457 e. The van der Waals surface area contributed by atoms with Crippen LogP contribution in [0.1, 0.15) is 25.3 Å². The Kier molecular flexibility index (Phi) is 10.4. The predicted molar refractivity (Wildman–Crippen MR) is 131 cm³/mol. The maximum Gasteiger partial charge on any atom is 0.191 e. The molecule has 0 spiro atoms. The van der Waals surface area contributed by atoms with Crippen LogP contribution in [0, 0.1) is 5.41 Å². The molecule has 0 amide bonds. The van der Waals surface area contributed by atoms with Gasteiger partial charge in [-0.25, -0.2) is 4.99 Å². The molecule has 0 saturated carbocycles. The third-order valence-corrected chi connectivity index (χ3v) is 5.10. The fourth-order valence-corrected chi connectivity index (χ4v) is 3.43. The van der Waals surface area contributed by atoms with Crippen molar-refractivity contribution in [2.45, 2.75) is 26.3 Å². The minimum Gasteiger partial charge on any atom is -0.457 e. The SMILES string of the molecule is CCNC(=NCc1cccc(Oc2ccccc2)c1)NCC1(CCO)CCOC1.I. The standard InChI is InChI=1S/C23H31N3O3.HI/c1-2-24-22(26-17-23(11-13-27)12-14-28-18-23)25-16-19-7-6-10-21(15-19)29-20-8-4-3-5-9-20;/h3-10,15,27H,2,11-14,16-18H2,1H3,(H2,24,25,26);1H. The summed E-state index contributed by atoms with van der Waals surface area (Å²) < 4.78 is 11.5. The molecule has 2 aromatic rings. The summed E-state index contributed by atoms with van der Waals surface area (Å²) in [4.78, 5) is 4.72. The third-order valence-electron chi connectivity index (χ3n) is 5.10. The zero-order valence-electron chi connectivity index (χ0n) is 17.5. The van der Waals surface area contributed by atoms with E-state index in [1.165, 1.54) is 0 Å². The number of rotatable bonds is 9. The molecule has 30 heavy (non-hydrogen) atoms. The summed E-state index contributed by atoms with van der Waals surface area (Å²) in [5.74, 6) is 2.38. The van der Waals surface area contributed by atoms with Crippen LogP contribution in [0.25, 0.3) is 0 Å². The number of para-hydroxylation sites is 1. The molecule has 6 nitrogen and oxygen atoms in total. The van der Waals surface area contributed by atoms with Crippen molar-refractivity contribution in [3.05, 3.63) is 60.2 Å². The van der Waals surface area contributed by atoms with E-state index in [-0.39, 0.29) is 36.0 Å². The van der Waals surface area contributed by atoms with Gasteiger partial charge in [-0.05, 0) is 49.6 Å². The number of benzene rings is 2. The van der Waals surface area contributed by atoms with Gasteiger partial charge in [-0.2, -0.15) is 0 Å². The van der Waals surface area contributed by atoms with E-state index in [4.69, 9.17) is 14.5 Å². The van der Waals surface area contributed by atoms with Gasteiger partial charge in [0.05, 0.1) is 13.2 Å². The number of ether oxygens (including phenoxy) is 2. The lowest BCUT2D eigenvalue weighted by atomic mass is 9.84. The van der Waals surface area contributed by atoms with Crippen molar-refractivity contribution < 1.29 is 14.6 Å². The molecule has 1 unspecified atom stereocenters. The molecule has 0 bridgehead atoms. The Labute approximate surface area is 196 Å². The number of hydrogen-bond acceptors (Lipinski definition) is 4. The average molecular weight is 525 g/mol. The van der Waals surface area contributed by atoms with Crippen molar-refractivity contribution in [2.75, 3.05) is 32.9 Å². The molecule has 1 aliphatic rings. The molecular weight excluding hydrogens is 493 g/mol. The molecule has 0 radical (unpaired) electrons. The first-order valence-electron chi connectivity index (χ1n) is 10.3. The first kappa shape index (κ1) is 24.4. The highest BCUT2D eigenvalue weighted by Gasteiger charge is 2.34. The third kappa shape index (κ3) is 7.45. The number of aliphatic imine (C=N–C) groups is 1. The smallest absolute Gasteiger partial charge is 0.191 e. The number of hydrogen-bond donors (Lipinski definition) is 3. The molecule has 3 rings (SSSR count). The Morgan fingerprint density at radius 3 is 2.63 bits per heavy atom. The monoisotopic (exact) mass is 525 g/mol. The van der Waals surface area contributed by atoms with E-state index in [9.17, 15) is 5.11 Å². The van der Waals surface area contributed by atoms with Crippen LogP contribution in [-0.4, -0.2) is 44.0 Å². The van der Waals surface area contributed by atoms with Crippen LogP contribution in [0.15, 0.2) is 59.6 Å². The second-order valence-corrected chi connectivity index (χ2v) is 7.39. The van der Waals surface area contributed by atoms with Crippen LogP contribution >= 0.6 is 24.0 Å². The van der Waals surface area contributed by atoms with E-state index in [0.29, 0.717) is 13.2 Å². The van der Waals surface area contributed by atoms with Crippen LogP contribution in [-0.2, 0) is 11.3 Å². The summed E-state index contributed by atoms with van der Waals surface area (Å²) in [5, 5.41) is 16.1. The molecule has 1 saturated heterocycles. The van der Waals surface area contributed by atoms with Gasteiger partial charge in [0.1, 0.15) is 11.5 Å². The number of nitrogens with zero attached hydrogens (tertiary/aromatic N) is 1. The van der Waals surface area contributed by atoms with Crippen LogP contribution < -0.4 is 15.4 Å². The second-order valence-electron chi connectivity index (χ2n) is 7.39. The number of guanidine groups is 1. The van der Waals surface area contributed by atoms with Crippen LogP contribution in [0.4, 0.5) is 0 Å². The number of nitrogens with one attached hydrogen (secondary N) is 2. The highest BCUT2D eigenvalue weighted by Crippen LogP contribution is 2.31. The van der Waals surface area contributed by atoms with Gasteiger partial charge in [0.2, 0.25) is 0 Å². The maximum absolute atomic E-state index is 9.40. The van der Waals surface area contributed by atoms with Crippen LogP contribution in [0.3, 0.4) is 0 Å². The molecule has 164 valence electrons. The van der Waals surface area contributed by atoms with E-state index in [1.54, 1.807) is 0 Å². The van der Waals surface area contributed by atoms with E-state index in [1.807, 2.05) is 61.5 Å². The molecule has 2 aromatic carbocycles. The topological polar surface area (TPSA) is 75.1 Å². The summed E-state index contributed by atoms with van der Waals surface area (Å²) in [5.41, 5.74) is 1.05. The highest BCUT2D eigenvalue weighted by atomic mass is 127. The van der Waals surface area contributed by atoms with E-state index in [2.05, 4.69) is 10.6 Å². The van der Waals surface area contributed by atoms with Gasteiger partial charge in [-0.3, -0.25) is 0 Å². The van der Waals surface area contributed by atoms with Crippen molar-refractivity contribution in [3.63, 3.8) is 0 Å². The van der Waals surface area contributed by atoms with Gasteiger partial charge in [0, 0.05) is 31.7 Å². The molecule has 3 N–H and O–H groups in total. The lowest BCUT2D eigenvalue weighted by Crippen LogP contribution is -2.44. The van der Waals surface area contributed by atoms with Crippen molar-refractivity contribution in [1.29, 1.82) is 0 Å². The van der Waals surface area contributed by atoms with E-state index < -0.39 is 0 Å². The molecule has 7 heteroatoms. The van der Waals surface area contributed by atoms with Crippen LogP contribution in [0.2, 0.25) is 0 Å². The van der Waals surface area contributed by atoms with Crippen molar-refractivity contribution in [2.24, 2.45) is 10.4 Å². The molecular formula is C23H32IN3O3. The molecule has 1 aliphatic heterocycles. The van der Waals surface area contributed by atoms with Gasteiger partial charge in [-0.1, -0.05) is 30.3 Å². The zero-order chi connectivity index (χ0) is 20.4. The van der Waals surface area contributed by atoms with Gasteiger partial charge < -0.3 is 25.2 Å². The normalized spacial score (nSPS) is 18.5. The molecule has 1 atom stereocenters. The van der Waals surface area contributed by atoms with Gasteiger partial charge in [0.15, 0.2) is 5.96 Å². The Balaban J connectivity index is 0.00000320. The number of halogens is 1. The van der Waals surface area contributed by atoms with E-state index >= 15 is 0 Å². The summed E-state index contributed by atoms with van der Waals surface area (Å²) in [6.07, 6.45) is 1.69. The minimum absolute atomic E-state index is 0. The minimum atomic E-state index is -0.0195. The maximum atomic E-state index is 9.40. The Morgan fingerprint density at radius 2 is 1.93 bits per heavy atom. The second kappa shape index (κ2) is 12.8. The Morgan fingerprint density at radius 1 is 1.13 bits per heavy atom. The first-order chi connectivity index (χ1) is 14.2. The van der Waals surface area contributed by atoms with Gasteiger partial charge in [0.25, 0.3) is 0 Å². The summed E-state index contributed by atoms with van der Waals surface area (Å²) in [6, 6.07) is 17.7. The van der Waals surface area contributed by atoms with Crippen molar-refractivity contribution in [3.8, 4) is 11.5 Å². The lowest BCUT2D eigenvalue weighted by Gasteiger charge is -2.27. The molecule has 0 aliphatic carbocycles. The quantitative estimate of drug-likeness (QED) is 0.263.